The average molecular weight is 459 g/mol. The highest BCUT2D eigenvalue weighted by atomic mass is 16.6. The summed E-state index contributed by atoms with van der Waals surface area (Å²) in [6.45, 7) is 8.00. The molecule has 7 heteroatoms. The third-order valence-electron chi connectivity index (χ3n) is 4.65. The monoisotopic (exact) mass is 458 g/mol. The normalized spacial score (nSPS) is 11.4. The lowest BCUT2D eigenvalue weighted by Gasteiger charge is -2.11. The largest absolute Gasteiger partial charge is 0.490 e. The number of nitriles is 2. The van der Waals surface area contributed by atoms with Crippen LogP contribution in [0.25, 0.3) is 12.2 Å². The van der Waals surface area contributed by atoms with E-state index >= 15 is 0 Å². The molecule has 0 atom stereocenters. The second-order valence-electron chi connectivity index (χ2n) is 7.41. The molecule has 0 saturated heterocycles. The van der Waals surface area contributed by atoms with Crippen LogP contribution in [0.1, 0.15) is 50.3 Å². The third kappa shape index (κ3) is 7.08. The Morgan fingerprint density at radius 1 is 0.853 bits per heavy atom. The molecule has 174 valence electrons. The number of carbonyl (C=O) groups excluding carboxylic acids is 2. The van der Waals surface area contributed by atoms with Crippen molar-refractivity contribution in [2.75, 3.05) is 13.2 Å². The fourth-order valence-electron chi connectivity index (χ4n) is 2.91. The summed E-state index contributed by atoms with van der Waals surface area (Å²) in [6.07, 6.45) is 2.82. The van der Waals surface area contributed by atoms with E-state index in [9.17, 15) is 20.1 Å². The van der Waals surface area contributed by atoms with E-state index in [1.54, 1.807) is 26.0 Å². The van der Waals surface area contributed by atoms with E-state index in [0.717, 1.165) is 5.56 Å². The molecule has 0 saturated carbocycles. The minimum atomic E-state index is -0.830. The Morgan fingerprint density at radius 3 is 2.00 bits per heavy atom. The van der Waals surface area contributed by atoms with Gasteiger partial charge in [0.25, 0.3) is 0 Å². The second-order valence-corrected chi connectivity index (χ2v) is 7.41. The molecular weight excluding hydrogens is 432 g/mol. The smallest absolute Gasteiger partial charge is 0.354 e. The van der Waals surface area contributed by atoms with Crippen LogP contribution in [-0.4, -0.2) is 25.2 Å². The van der Waals surface area contributed by atoms with E-state index in [-0.39, 0.29) is 35.9 Å². The first kappa shape index (κ1) is 25.9. The molecular formula is C27H26N2O5. The lowest BCUT2D eigenvalue weighted by Crippen LogP contribution is -2.11. The molecule has 2 aromatic carbocycles. The SMILES string of the molecule is CCOC(=O)/C(C#N)=C/c1ccc(OC(=O)/C(C#N)=C/c2ccc(C(C)C)cc2)c(OCC)c1. The fourth-order valence-corrected chi connectivity index (χ4v) is 2.91. The first-order valence-electron chi connectivity index (χ1n) is 10.8. The number of ether oxygens (including phenoxy) is 3. The van der Waals surface area contributed by atoms with Crippen molar-refractivity contribution in [2.45, 2.75) is 33.6 Å². The van der Waals surface area contributed by atoms with Crippen molar-refractivity contribution in [3.8, 4) is 23.6 Å². The molecule has 2 aromatic rings. The summed E-state index contributed by atoms with van der Waals surface area (Å²) in [5, 5.41) is 18.7. The van der Waals surface area contributed by atoms with Crippen LogP contribution in [0.4, 0.5) is 0 Å². The Labute approximate surface area is 199 Å². The number of hydrogen-bond acceptors (Lipinski definition) is 7. The van der Waals surface area contributed by atoms with Crippen molar-refractivity contribution in [3.63, 3.8) is 0 Å². The zero-order valence-corrected chi connectivity index (χ0v) is 19.6. The van der Waals surface area contributed by atoms with Gasteiger partial charge in [0.05, 0.1) is 13.2 Å². The van der Waals surface area contributed by atoms with Crippen LogP contribution < -0.4 is 9.47 Å². The number of rotatable bonds is 9. The minimum Gasteiger partial charge on any atom is -0.490 e. The van der Waals surface area contributed by atoms with Gasteiger partial charge in [0.1, 0.15) is 23.3 Å². The van der Waals surface area contributed by atoms with Crippen molar-refractivity contribution in [3.05, 3.63) is 70.3 Å². The van der Waals surface area contributed by atoms with Crippen LogP contribution in [0.3, 0.4) is 0 Å². The van der Waals surface area contributed by atoms with Crippen LogP contribution in [0.15, 0.2) is 53.6 Å². The van der Waals surface area contributed by atoms with Crippen LogP contribution in [0.5, 0.6) is 11.5 Å². The number of hydrogen-bond donors (Lipinski definition) is 0. The lowest BCUT2D eigenvalue weighted by atomic mass is 10.0. The first-order chi connectivity index (χ1) is 16.3. The molecule has 0 heterocycles. The van der Waals surface area contributed by atoms with Gasteiger partial charge < -0.3 is 14.2 Å². The van der Waals surface area contributed by atoms with Gasteiger partial charge in [0.15, 0.2) is 11.5 Å². The van der Waals surface area contributed by atoms with E-state index in [0.29, 0.717) is 17.0 Å². The number of carbonyl (C=O) groups is 2. The zero-order valence-electron chi connectivity index (χ0n) is 19.6. The van der Waals surface area contributed by atoms with Crippen LogP contribution in [0, 0.1) is 22.7 Å². The van der Waals surface area contributed by atoms with E-state index < -0.39 is 11.9 Å². The lowest BCUT2D eigenvalue weighted by molar-refractivity contribution is -0.138. The minimum absolute atomic E-state index is 0.106. The van der Waals surface area contributed by atoms with Crippen molar-refractivity contribution >= 4 is 24.1 Å². The van der Waals surface area contributed by atoms with Crippen molar-refractivity contribution < 1.29 is 23.8 Å². The summed E-state index contributed by atoms with van der Waals surface area (Å²) < 4.78 is 15.8. The van der Waals surface area contributed by atoms with E-state index in [1.165, 1.54) is 24.3 Å². The summed E-state index contributed by atoms with van der Waals surface area (Å²) in [4.78, 5) is 24.5. The molecule has 34 heavy (non-hydrogen) atoms. The Morgan fingerprint density at radius 2 is 1.44 bits per heavy atom. The summed E-state index contributed by atoms with van der Waals surface area (Å²) in [5.74, 6) is -0.860. The summed E-state index contributed by atoms with van der Waals surface area (Å²) in [5.41, 5.74) is 1.99. The summed E-state index contributed by atoms with van der Waals surface area (Å²) >= 11 is 0. The molecule has 0 aliphatic carbocycles. The maximum Gasteiger partial charge on any atom is 0.354 e. The third-order valence-corrected chi connectivity index (χ3v) is 4.65. The van der Waals surface area contributed by atoms with Gasteiger partial charge in [-0.05, 0) is 60.7 Å². The van der Waals surface area contributed by atoms with Gasteiger partial charge in [-0.1, -0.05) is 44.2 Å². The summed E-state index contributed by atoms with van der Waals surface area (Å²) in [6, 6.07) is 15.8. The maximum absolute atomic E-state index is 12.7. The van der Waals surface area contributed by atoms with Crippen molar-refractivity contribution in [1.82, 2.24) is 0 Å². The number of nitrogens with zero attached hydrogens (tertiary/aromatic N) is 2. The van der Waals surface area contributed by atoms with Gasteiger partial charge in [-0.3, -0.25) is 0 Å². The molecule has 0 aromatic heterocycles. The molecule has 2 rings (SSSR count). The highest BCUT2D eigenvalue weighted by Crippen LogP contribution is 2.30. The van der Waals surface area contributed by atoms with Gasteiger partial charge in [0, 0.05) is 0 Å². The Balaban J connectivity index is 2.30. The zero-order chi connectivity index (χ0) is 25.1. The van der Waals surface area contributed by atoms with Gasteiger partial charge in [-0.25, -0.2) is 9.59 Å². The molecule has 0 spiro atoms. The molecule has 0 amide bonds. The standard InChI is InChI=1S/C27H26N2O5/c1-5-32-25-15-20(14-22(16-28)26(30)33-6-2)9-12-24(25)34-27(31)23(17-29)13-19-7-10-21(11-8-19)18(3)4/h7-15,18H,5-6H2,1-4H3/b22-14+,23-13+. The van der Waals surface area contributed by atoms with Crippen molar-refractivity contribution in [1.29, 1.82) is 10.5 Å². The first-order valence-corrected chi connectivity index (χ1v) is 10.8. The van der Waals surface area contributed by atoms with Gasteiger partial charge >= 0.3 is 11.9 Å². The highest BCUT2D eigenvalue weighted by Gasteiger charge is 2.17. The van der Waals surface area contributed by atoms with Crippen LogP contribution >= 0.6 is 0 Å². The van der Waals surface area contributed by atoms with Crippen molar-refractivity contribution in [2.24, 2.45) is 0 Å². The Hall–Kier alpha value is -4.36. The molecule has 0 N–H and O–H groups in total. The van der Waals surface area contributed by atoms with E-state index in [1.807, 2.05) is 30.3 Å². The molecule has 0 radical (unpaired) electrons. The fraction of sp³-hybridized carbons (Fsp3) is 0.259. The predicted molar refractivity (Wildman–Crippen MR) is 128 cm³/mol. The van der Waals surface area contributed by atoms with Gasteiger partial charge in [-0.2, -0.15) is 10.5 Å². The molecule has 0 fully saturated rings. The van der Waals surface area contributed by atoms with Gasteiger partial charge in [0.2, 0.25) is 0 Å². The highest BCUT2D eigenvalue weighted by molar-refractivity contribution is 5.99. The molecule has 7 nitrogen and oxygen atoms in total. The maximum atomic E-state index is 12.7. The topological polar surface area (TPSA) is 109 Å². The second kappa shape index (κ2) is 12.6. The number of benzene rings is 2. The van der Waals surface area contributed by atoms with Gasteiger partial charge in [-0.15, -0.1) is 0 Å². The predicted octanol–water partition coefficient (Wildman–Crippen LogP) is 5.19. The molecule has 0 bridgehead atoms. The summed E-state index contributed by atoms with van der Waals surface area (Å²) in [7, 11) is 0. The molecule has 0 aliphatic rings. The van der Waals surface area contributed by atoms with Crippen LogP contribution in [0.2, 0.25) is 0 Å². The quantitative estimate of drug-likeness (QED) is 0.220. The van der Waals surface area contributed by atoms with E-state index in [4.69, 9.17) is 14.2 Å². The molecule has 0 unspecified atom stereocenters. The Kier molecular flexibility index (Phi) is 9.61. The van der Waals surface area contributed by atoms with E-state index in [2.05, 4.69) is 13.8 Å². The number of esters is 2. The van der Waals surface area contributed by atoms with Crippen LogP contribution in [-0.2, 0) is 14.3 Å². The average Bonchev–Trinajstić information content (AvgIpc) is 2.82. The molecule has 0 aliphatic heterocycles. The Bertz CT molecular complexity index is 1180.